The summed E-state index contributed by atoms with van der Waals surface area (Å²) >= 11 is 0. The van der Waals surface area contributed by atoms with E-state index in [1.54, 1.807) is 0 Å². The van der Waals surface area contributed by atoms with Crippen molar-refractivity contribution in [2.24, 2.45) is 0 Å². The standard InChI is InChI=1S/C49H35NO/c1-32-16-21-35(22-17-32)49(36-23-18-33(2)19-24-36)44-29-20-34-10-6-7-13-40(34)48(44)43-28-26-38(30-45(43)49)50(37-11-4-3-5-12-37)39-25-27-42-41-14-8-9-15-46(41)51-47(42)31-39/h3-31H,1-2H3. The van der Waals surface area contributed by atoms with Gasteiger partial charge in [-0.25, -0.2) is 0 Å². The largest absolute Gasteiger partial charge is 0.456 e. The molecule has 242 valence electrons. The maximum atomic E-state index is 6.41. The van der Waals surface area contributed by atoms with Gasteiger partial charge in [0.15, 0.2) is 0 Å². The first kappa shape index (κ1) is 29.5. The number of aryl methyl sites for hydroxylation is 2. The van der Waals surface area contributed by atoms with Crippen molar-refractivity contribution in [1.29, 1.82) is 0 Å². The number of hydrogen-bond acceptors (Lipinski definition) is 2. The van der Waals surface area contributed by atoms with Crippen LogP contribution in [0.25, 0.3) is 43.8 Å². The molecule has 10 rings (SSSR count). The first-order valence-electron chi connectivity index (χ1n) is 17.7. The van der Waals surface area contributed by atoms with Crippen molar-refractivity contribution in [3.8, 4) is 11.1 Å². The highest BCUT2D eigenvalue weighted by atomic mass is 16.3. The molecule has 0 radical (unpaired) electrons. The van der Waals surface area contributed by atoms with Crippen molar-refractivity contribution in [2.75, 3.05) is 4.90 Å². The Kier molecular flexibility index (Phi) is 6.56. The van der Waals surface area contributed by atoms with Gasteiger partial charge in [0.1, 0.15) is 11.2 Å². The van der Waals surface area contributed by atoms with Gasteiger partial charge in [-0.3, -0.25) is 0 Å². The number of benzene rings is 8. The van der Waals surface area contributed by atoms with Crippen LogP contribution in [0.5, 0.6) is 0 Å². The van der Waals surface area contributed by atoms with E-state index in [4.69, 9.17) is 4.42 Å². The summed E-state index contributed by atoms with van der Waals surface area (Å²) in [5.41, 5.74) is 14.7. The third kappa shape index (κ3) is 4.43. The van der Waals surface area contributed by atoms with E-state index in [1.165, 1.54) is 55.3 Å². The quantitative estimate of drug-likeness (QED) is 0.184. The Labute approximate surface area is 297 Å². The van der Waals surface area contributed by atoms with Gasteiger partial charge >= 0.3 is 0 Å². The molecule has 8 aromatic carbocycles. The summed E-state index contributed by atoms with van der Waals surface area (Å²) in [7, 11) is 0. The van der Waals surface area contributed by atoms with Gasteiger partial charge in [0, 0.05) is 33.9 Å². The summed E-state index contributed by atoms with van der Waals surface area (Å²) < 4.78 is 6.41. The minimum Gasteiger partial charge on any atom is -0.456 e. The number of hydrogen-bond donors (Lipinski definition) is 0. The molecule has 0 atom stereocenters. The van der Waals surface area contributed by atoms with Crippen LogP contribution in [0.4, 0.5) is 17.1 Å². The number of para-hydroxylation sites is 2. The Balaban J connectivity index is 1.28. The molecule has 0 aliphatic heterocycles. The average Bonchev–Trinajstić information content (AvgIpc) is 3.69. The predicted molar refractivity (Wildman–Crippen MR) is 213 cm³/mol. The molecule has 1 aliphatic rings. The second kappa shape index (κ2) is 11.3. The minimum absolute atomic E-state index is 0.531. The van der Waals surface area contributed by atoms with Gasteiger partial charge in [0.25, 0.3) is 0 Å². The topological polar surface area (TPSA) is 16.4 Å². The number of nitrogens with zero attached hydrogens (tertiary/aromatic N) is 1. The lowest BCUT2D eigenvalue weighted by Gasteiger charge is -2.35. The van der Waals surface area contributed by atoms with E-state index < -0.39 is 5.41 Å². The zero-order chi connectivity index (χ0) is 34.1. The highest BCUT2D eigenvalue weighted by Crippen LogP contribution is 2.59. The third-order valence-corrected chi connectivity index (χ3v) is 10.9. The van der Waals surface area contributed by atoms with Crippen molar-refractivity contribution in [3.63, 3.8) is 0 Å². The molecule has 9 aromatic rings. The lowest BCUT2D eigenvalue weighted by molar-refractivity contribution is 0.669. The van der Waals surface area contributed by atoms with E-state index in [2.05, 4.69) is 183 Å². The summed E-state index contributed by atoms with van der Waals surface area (Å²) in [6, 6.07) is 64.5. The predicted octanol–water partition coefficient (Wildman–Crippen LogP) is 13.2. The molecular formula is C49H35NO. The molecule has 1 aliphatic carbocycles. The van der Waals surface area contributed by atoms with Gasteiger partial charge in [-0.15, -0.1) is 0 Å². The zero-order valence-electron chi connectivity index (χ0n) is 28.6. The van der Waals surface area contributed by atoms with Gasteiger partial charge in [0.05, 0.1) is 5.41 Å². The van der Waals surface area contributed by atoms with Crippen LogP contribution in [0.2, 0.25) is 0 Å². The van der Waals surface area contributed by atoms with E-state index >= 15 is 0 Å². The van der Waals surface area contributed by atoms with E-state index in [0.29, 0.717) is 0 Å². The molecule has 2 nitrogen and oxygen atoms in total. The molecule has 1 aromatic heterocycles. The molecule has 0 unspecified atom stereocenters. The SMILES string of the molecule is Cc1ccc(C2(c3ccc(C)cc3)c3cc(N(c4ccccc4)c4ccc5c(c4)oc4ccccc45)ccc3-c3c2ccc2ccccc32)cc1. The van der Waals surface area contributed by atoms with Gasteiger partial charge in [0.2, 0.25) is 0 Å². The Morgan fingerprint density at radius 1 is 0.431 bits per heavy atom. The zero-order valence-corrected chi connectivity index (χ0v) is 28.6. The molecule has 0 spiro atoms. The van der Waals surface area contributed by atoms with Gasteiger partial charge < -0.3 is 9.32 Å². The Hall–Kier alpha value is -6.38. The number of fused-ring (bicyclic) bond motifs is 8. The van der Waals surface area contributed by atoms with Crippen LogP contribution >= 0.6 is 0 Å². The fourth-order valence-corrected chi connectivity index (χ4v) is 8.49. The van der Waals surface area contributed by atoms with Gasteiger partial charge in [-0.1, -0.05) is 139 Å². The summed E-state index contributed by atoms with van der Waals surface area (Å²) in [6.07, 6.45) is 0. The molecule has 0 bridgehead atoms. The molecule has 0 fully saturated rings. The molecular weight excluding hydrogens is 619 g/mol. The lowest BCUT2D eigenvalue weighted by Crippen LogP contribution is -2.29. The normalized spacial score (nSPS) is 13.1. The monoisotopic (exact) mass is 653 g/mol. The van der Waals surface area contributed by atoms with E-state index in [-0.39, 0.29) is 0 Å². The highest BCUT2D eigenvalue weighted by Gasteiger charge is 2.47. The number of anilines is 3. The molecule has 0 amide bonds. The van der Waals surface area contributed by atoms with Crippen LogP contribution in [0.15, 0.2) is 180 Å². The fourth-order valence-electron chi connectivity index (χ4n) is 8.49. The molecule has 1 heterocycles. The Bertz CT molecular complexity index is 2710. The lowest BCUT2D eigenvalue weighted by atomic mass is 9.67. The highest BCUT2D eigenvalue weighted by molar-refractivity contribution is 6.07. The second-order valence-corrected chi connectivity index (χ2v) is 13.9. The minimum atomic E-state index is -0.531. The molecule has 0 N–H and O–H groups in total. The maximum Gasteiger partial charge on any atom is 0.137 e. The summed E-state index contributed by atoms with van der Waals surface area (Å²) in [5.74, 6) is 0. The molecule has 0 saturated heterocycles. The first-order chi connectivity index (χ1) is 25.1. The second-order valence-electron chi connectivity index (χ2n) is 13.9. The van der Waals surface area contributed by atoms with Crippen LogP contribution in [0, 0.1) is 13.8 Å². The Morgan fingerprint density at radius 3 is 1.78 bits per heavy atom. The van der Waals surface area contributed by atoms with Crippen molar-refractivity contribution >= 4 is 49.8 Å². The maximum absolute atomic E-state index is 6.41. The summed E-state index contributed by atoms with van der Waals surface area (Å²) in [5, 5.41) is 4.78. The van der Waals surface area contributed by atoms with E-state index in [9.17, 15) is 0 Å². The third-order valence-electron chi connectivity index (χ3n) is 10.9. The first-order valence-corrected chi connectivity index (χ1v) is 17.7. The van der Waals surface area contributed by atoms with E-state index in [1.807, 2.05) is 12.1 Å². The molecule has 0 saturated carbocycles. The van der Waals surface area contributed by atoms with Crippen molar-refractivity contribution in [3.05, 3.63) is 209 Å². The smallest absolute Gasteiger partial charge is 0.137 e. The summed E-state index contributed by atoms with van der Waals surface area (Å²) in [4.78, 5) is 2.36. The van der Waals surface area contributed by atoms with Crippen molar-refractivity contribution < 1.29 is 4.42 Å². The summed E-state index contributed by atoms with van der Waals surface area (Å²) in [6.45, 7) is 4.34. The molecule has 2 heteroatoms. The molecule has 51 heavy (non-hydrogen) atoms. The fraction of sp³-hybridized carbons (Fsp3) is 0.0612. The van der Waals surface area contributed by atoms with Crippen LogP contribution < -0.4 is 4.90 Å². The van der Waals surface area contributed by atoms with Crippen LogP contribution in [0.1, 0.15) is 33.4 Å². The van der Waals surface area contributed by atoms with Crippen LogP contribution in [0.3, 0.4) is 0 Å². The van der Waals surface area contributed by atoms with Gasteiger partial charge in [-0.2, -0.15) is 0 Å². The average molecular weight is 654 g/mol. The van der Waals surface area contributed by atoms with Crippen molar-refractivity contribution in [1.82, 2.24) is 0 Å². The Morgan fingerprint density at radius 2 is 1.04 bits per heavy atom. The number of rotatable bonds is 5. The van der Waals surface area contributed by atoms with Crippen molar-refractivity contribution in [2.45, 2.75) is 19.3 Å². The van der Waals surface area contributed by atoms with E-state index in [0.717, 1.165) is 39.0 Å². The van der Waals surface area contributed by atoms with Crippen LogP contribution in [-0.2, 0) is 5.41 Å². The van der Waals surface area contributed by atoms with Crippen LogP contribution in [-0.4, -0.2) is 0 Å². The number of furan rings is 1. The van der Waals surface area contributed by atoms with Gasteiger partial charge in [-0.05, 0) is 100 Å².